The van der Waals surface area contributed by atoms with Gasteiger partial charge >= 0.3 is 6.03 Å². The predicted octanol–water partition coefficient (Wildman–Crippen LogP) is 0.867. The van der Waals surface area contributed by atoms with E-state index in [0.29, 0.717) is 0 Å². The van der Waals surface area contributed by atoms with E-state index >= 15 is 0 Å². The van der Waals surface area contributed by atoms with E-state index < -0.39 is 11.6 Å². The molecule has 0 radical (unpaired) electrons. The second kappa shape index (κ2) is 3.89. The summed E-state index contributed by atoms with van der Waals surface area (Å²) in [5.41, 5.74) is -0.827. The lowest BCUT2D eigenvalue weighted by molar-refractivity contribution is -0.132. The molecule has 0 aromatic rings. The van der Waals surface area contributed by atoms with Crippen LogP contribution >= 0.6 is 0 Å². The lowest BCUT2D eigenvalue weighted by Gasteiger charge is -2.25. The molecule has 1 N–H and O–H groups in total. The van der Waals surface area contributed by atoms with Gasteiger partial charge in [-0.05, 0) is 12.8 Å². The fraction of sp³-hybridized carbons (Fsp3) is 0.700. The zero-order chi connectivity index (χ0) is 11.6. The Morgan fingerprint density at radius 1 is 1.53 bits per heavy atom. The summed E-state index contributed by atoms with van der Waals surface area (Å²) in [4.78, 5) is 24.5. The Hall–Kier alpha value is -1.57. The van der Waals surface area contributed by atoms with E-state index in [1.807, 2.05) is 19.9 Å². The minimum Gasteiger partial charge on any atom is -0.323 e. The molecule has 0 aliphatic carbocycles. The van der Waals surface area contributed by atoms with Gasteiger partial charge in [0.15, 0.2) is 0 Å². The minimum atomic E-state index is -0.827. The van der Waals surface area contributed by atoms with Gasteiger partial charge in [0.2, 0.25) is 0 Å². The van der Waals surface area contributed by atoms with E-state index in [1.165, 1.54) is 0 Å². The van der Waals surface area contributed by atoms with Gasteiger partial charge < -0.3 is 5.32 Å². The predicted molar refractivity (Wildman–Crippen MR) is 53.7 cm³/mol. The van der Waals surface area contributed by atoms with Crippen LogP contribution in [0.3, 0.4) is 0 Å². The number of nitriles is 1. The number of nitrogens with one attached hydrogen (secondary N) is 1. The van der Waals surface area contributed by atoms with Crippen LogP contribution in [-0.4, -0.2) is 28.9 Å². The standard InChI is InChI=1S/C10H15N3O2/c1-7(2)10(3)8(14)13(6-4-5-11)9(15)12-10/h7H,4,6H2,1-3H3,(H,12,15). The molecule has 3 amide bonds. The molecule has 1 fully saturated rings. The number of carbonyl (C=O) groups is 2. The average Bonchev–Trinajstić information content (AvgIpc) is 2.37. The van der Waals surface area contributed by atoms with Gasteiger partial charge in [-0.25, -0.2) is 4.79 Å². The smallest absolute Gasteiger partial charge is 0.323 e. The quantitative estimate of drug-likeness (QED) is 0.701. The van der Waals surface area contributed by atoms with Gasteiger partial charge in [0.05, 0.1) is 12.5 Å². The van der Waals surface area contributed by atoms with Gasteiger partial charge in [0, 0.05) is 6.54 Å². The average molecular weight is 209 g/mol. The van der Waals surface area contributed by atoms with Gasteiger partial charge in [-0.3, -0.25) is 9.69 Å². The molecule has 1 heterocycles. The number of carbonyl (C=O) groups excluding carboxylic acids is 2. The maximum absolute atomic E-state index is 11.9. The Morgan fingerprint density at radius 3 is 2.53 bits per heavy atom. The highest BCUT2D eigenvalue weighted by molar-refractivity contribution is 6.06. The fourth-order valence-electron chi connectivity index (χ4n) is 1.47. The van der Waals surface area contributed by atoms with Crippen molar-refractivity contribution in [1.82, 2.24) is 10.2 Å². The van der Waals surface area contributed by atoms with Crippen LogP contribution in [-0.2, 0) is 4.79 Å². The Morgan fingerprint density at radius 2 is 2.13 bits per heavy atom. The maximum atomic E-state index is 11.9. The molecule has 1 aliphatic heterocycles. The highest BCUT2D eigenvalue weighted by atomic mass is 16.2. The van der Waals surface area contributed by atoms with Crippen LogP contribution in [0.25, 0.3) is 0 Å². The maximum Gasteiger partial charge on any atom is 0.325 e. The zero-order valence-corrected chi connectivity index (χ0v) is 9.20. The van der Waals surface area contributed by atoms with Gasteiger partial charge in [-0.15, -0.1) is 0 Å². The van der Waals surface area contributed by atoms with Gasteiger partial charge in [-0.1, -0.05) is 13.8 Å². The van der Waals surface area contributed by atoms with Crippen LogP contribution in [0.2, 0.25) is 0 Å². The first-order valence-corrected chi connectivity index (χ1v) is 4.94. The number of amides is 3. The van der Waals surface area contributed by atoms with Crippen molar-refractivity contribution in [1.29, 1.82) is 5.26 Å². The van der Waals surface area contributed by atoms with Crippen LogP contribution < -0.4 is 5.32 Å². The SMILES string of the molecule is CC(C)C1(C)NC(=O)N(CCC#N)C1=O. The largest absolute Gasteiger partial charge is 0.325 e. The van der Waals surface area contributed by atoms with Crippen molar-refractivity contribution in [2.24, 2.45) is 5.92 Å². The van der Waals surface area contributed by atoms with E-state index in [2.05, 4.69) is 5.32 Å². The molecule has 0 bridgehead atoms. The molecule has 5 heteroatoms. The summed E-state index contributed by atoms with van der Waals surface area (Å²) in [6, 6.07) is 1.52. The molecule has 0 aromatic heterocycles. The van der Waals surface area contributed by atoms with E-state index in [-0.39, 0.29) is 24.8 Å². The first kappa shape index (κ1) is 11.5. The van der Waals surface area contributed by atoms with Crippen LogP contribution in [0.4, 0.5) is 4.79 Å². The monoisotopic (exact) mass is 209 g/mol. The topological polar surface area (TPSA) is 73.2 Å². The Bertz CT molecular complexity index is 332. The summed E-state index contributed by atoms with van der Waals surface area (Å²) in [6.07, 6.45) is 0.174. The Kier molecular flexibility index (Phi) is 2.98. The summed E-state index contributed by atoms with van der Waals surface area (Å²) in [5, 5.41) is 11.1. The lowest BCUT2D eigenvalue weighted by Crippen LogP contribution is -2.48. The zero-order valence-electron chi connectivity index (χ0n) is 9.20. The molecule has 1 aliphatic rings. The summed E-state index contributed by atoms with van der Waals surface area (Å²) in [5.74, 6) is -0.209. The van der Waals surface area contributed by atoms with Crippen molar-refractivity contribution in [2.75, 3.05) is 6.54 Å². The van der Waals surface area contributed by atoms with Crippen molar-refractivity contribution in [3.8, 4) is 6.07 Å². The third kappa shape index (κ3) is 1.80. The third-order valence-corrected chi connectivity index (χ3v) is 2.90. The van der Waals surface area contributed by atoms with Crippen molar-refractivity contribution >= 4 is 11.9 Å². The molecule has 1 atom stereocenters. The fourth-order valence-corrected chi connectivity index (χ4v) is 1.47. The Balaban J connectivity index is 2.84. The summed E-state index contributed by atoms with van der Waals surface area (Å²) in [6.45, 7) is 5.64. The third-order valence-electron chi connectivity index (χ3n) is 2.90. The van der Waals surface area contributed by atoms with Crippen molar-refractivity contribution in [3.63, 3.8) is 0 Å². The Labute approximate surface area is 89.0 Å². The number of nitrogens with zero attached hydrogens (tertiary/aromatic N) is 2. The van der Waals surface area contributed by atoms with Gasteiger partial charge in [0.1, 0.15) is 5.54 Å². The number of hydrogen-bond donors (Lipinski definition) is 1. The van der Waals surface area contributed by atoms with Gasteiger partial charge in [-0.2, -0.15) is 5.26 Å². The van der Waals surface area contributed by atoms with Crippen LogP contribution in [0.5, 0.6) is 0 Å². The second-order valence-corrected chi connectivity index (χ2v) is 4.15. The normalized spacial score (nSPS) is 25.7. The van der Waals surface area contributed by atoms with Crippen LogP contribution in [0.1, 0.15) is 27.2 Å². The molecule has 5 nitrogen and oxygen atoms in total. The molecule has 0 aromatic carbocycles. The first-order chi connectivity index (χ1) is 6.93. The molecule has 1 saturated heterocycles. The number of hydrogen-bond acceptors (Lipinski definition) is 3. The molecular formula is C10H15N3O2. The van der Waals surface area contributed by atoms with Crippen molar-refractivity contribution in [2.45, 2.75) is 32.7 Å². The van der Waals surface area contributed by atoms with E-state index in [1.54, 1.807) is 6.92 Å². The van der Waals surface area contributed by atoms with E-state index in [0.717, 1.165) is 4.90 Å². The van der Waals surface area contributed by atoms with Crippen LogP contribution in [0.15, 0.2) is 0 Å². The molecule has 15 heavy (non-hydrogen) atoms. The van der Waals surface area contributed by atoms with E-state index in [4.69, 9.17) is 5.26 Å². The summed E-state index contributed by atoms with van der Waals surface area (Å²) in [7, 11) is 0. The lowest BCUT2D eigenvalue weighted by atomic mass is 9.88. The highest BCUT2D eigenvalue weighted by Crippen LogP contribution is 2.25. The van der Waals surface area contributed by atoms with Gasteiger partial charge in [0.25, 0.3) is 5.91 Å². The minimum absolute atomic E-state index is 0.0287. The highest BCUT2D eigenvalue weighted by Gasteiger charge is 2.49. The molecule has 1 unspecified atom stereocenters. The van der Waals surface area contributed by atoms with Crippen molar-refractivity contribution in [3.05, 3.63) is 0 Å². The van der Waals surface area contributed by atoms with Crippen LogP contribution in [0, 0.1) is 17.2 Å². The molecule has 0 saturated carbocycles. The number of imide groups is 1. The molecule has 0 spiro atoms. The summed E-state index contributed by atoms with van der Waals surface area (Å²) >= 11 is 0. The molecular weight excluding hydrogens is 194 g/mol. The first-order valence-electron chi connectivity index (χ1n) is 4.94. The van der Waals surface area contributed by atoms with Crippen molar-refractivity contribution < 1.29 is 9.59 Å². The van der Waals surface area contributed by atoms with E-state index in [9.17, 15) is 9.59 Å². The second-order valence-electron chi connectivity index (χ2n) is 4.15. The summed E-state index contributed by atoms with van der Waals surface area (Å²) < 4.78 is 0. The number of urea groups is 1. The number of rotatable bonds is 3. The molecule has 82 valence electrons. The molecule has 1 rings (SSSR count).